The molecule has 0 aromatic carbocycles. The van der Waals surface area contributed by atoms with Gasteiger partial charge in [0.1, 0.15) is 48.8 Å². The number of carbonyl (C=O) groups is 1. The van der Waals surface area contributed by atoms with E-state index in [-0.39, 0.29) is 12.5 Å². The van der Waals surface area contributed by atoms with Crippen LogP contribution >= 0.6 is 0 Å². The highest BCUT2D eigenvalue weighted by molar-refractivity contribution is 5.76. The molecule has 0 spiro atoms. The third-order valence-electron chi connectivity index (χ3n) is 15.6. The van der Waals surface area contributed by atoms with Gasteiger partial charge in [-0.3, -0.25) is 4.79 Å². The summed E-state index contributed by atoms with van der Waals surface area (Å²) in [5, 5.41) is 87.0. The molecule has 0 aliphatic carbocycles. The summed E-state index contributed by atoms with van der Waals surface area (Å²) in [4.78, 5) is 13.2. The number of hydrogen-bond acceptors (Lipinski definition) is 13. The Balaban J connectivity index is 1.55. The Hall–Kier alpha value is -2.05. The fourth-order valence-electron chi connectivity index (χ4n) is 10.5. The van der Waals surface area contributed by atoms with Gasteiger partial charge in [-0.05, 0) is 51.4 Å². The average Bonchev–Trinajstić information content (AvgIpc) is 3.44. The number of allylic oxidation sites excluding steroid dienone is 8. The van der Waals surface area contributed by atoms with E-state index in [4.69, 9.17) is 18.9 Å². The van der Waals surface area contributed by atoms with E-state index in [1.165, 1.54) is 154 Å². The third-order valence-corrected chi connectivity index (χ3v) is 15.6. The van der Waals surface area contributed by atoms with E-state index in [1.807, 2.05) is 0 Å². The van der Waals surface area contributed by atoms with Crippen LogP contribution in [0.1, 0.15) is 258 Å². The molecule has 0 radical (unpaired) electrons. The molecule has 0 aromatic heterocycles. The minimum absolute atomic E-state index is 0.206. The Morgan fingerprint density at radius 1 is 0.474 bits per heavy atom. The number of aliphatic hydroxyl groups is 8. The smallest absolute Gasteiger partial charge is 0.220 e. The molecule has 9 N–H and O–H groups in total. The normalized spacial score (nSPS) is 24.8. The van der Waals surface area contributed by atoms with Crippen LogP contribution in [0.4, 0.5) is 0 Å². The van der Waals surface area contributed by atoms with Crippen molar-refractivity contribution in [1.29, 1.82) is 0 Å². The lowest BCUT2D eigenvalue weighted by molar-refractivity contribution is -0.359. The van der Waals surface area contributed by atoms with Gasteiger partial charge >= 0.3 is 0 Å². The van der Waals surface area contributed by atoms with Crippen molar-refractivity contribution < 1.29 is 64.6 Å². The highest BCUT2D eigenvalue weighted by atomic mass is 16.7. The largest absolute Gasteiger partial charge is 0.394 e. The molecule has 2 saturated heterocycles. The monoisotopic (exact) mass is 1110 g/mol. The van der Waals surface area contributed by atoms with E-state index in [0.717, 1.165) is 77.0 Å². The van der Waals surface area contributed by atoms with Crippen LogP contribution in [0.3, 0.4) is 0 Å². The average molecular weight is 1110 g/mol. The zero-order valence-electron chi connectivity index (χ0n) is 49.2. The highest BCUT2D eigenvalue weighted by Crippen LogP contribution is 2.30. The summed E-state index contributed by atoms with van der Waals surface area (Å²) in [5.74, 6) is -0.206. The van der Waals surface area contributed by atoms with Crippen LogP contribution in [0, 0.1) is 0 Å². The summed E-state index contributed by atoms with van der Waals surface area (Å²) in [7, 11) is 0. The van der Waals surface area contributed by atoms with E-state index >= 15 is 0 Å². The fourth-order valence-corrected chi connectivity index (χ4v) is 10.5. The summed E-state index contributed by atoms with van der Waals surface area (Å²) in [6, 6.07) is -0.825. The topological polar surface area (TPSA) is 228 Å². The molecule has 2 heterocycles. The fraction of sp³-hybridized carbons (Fsp3) is 0.859. The van der Waals surface area contributed by atoms with Crippen molar-refractivity contribution in [3.63, 3.8) is 0 Å². The second-order valence-electron chi connectivity index (χ2n) is 22.5. The number of ether oxygens (including phenoxy) is 4. The van der Waals surface area contributed by atoms with Crippen molar-refractivity contribution >= 4 is 5.91 Å². The maximum absolute atomic E-state index is 13.2. The number of carbonyl (C=O) groups excluding carboxylic acids is 1. The lowest BCUT2D eigenvalue weighted by Crippen LogP contribution is -2.65. The van der Waals surface area contributed by atoms with Crippen molar-refractivity contribution in [2.45, 2.75) is 331 Å². The molecule has 12 atom stereocenters. The predicted molar refractivity (Wildman–Crippen MR) is 314 cm³/mol. The van der Waals surface area contributed by atoms with Crippen molar-refractivity contribution in [3.8, 4) is 0 Å². The quantitative estimate of drug-likeness (QED) is 0.0204. The number of hydrogen-bond donors (Lipinski definition) is 9. The Bertz CT molecular complexity index is 1490. The van der Waals surface area contributed by atoms with Gasteiger partial charge in [-0.2, -0.15) is 0 Å². The van der Waals surface area contributed by atoms with Crippen LogP contribution in [0.5, 0.6) is 0 Å². The second kappa shape index (κ2) is 49.5. The van der Waals surface area contributed by atoms with Gasteiger partial charge in [0, 0.05) is 6.42 Å². The molecule has 0 bridgehead atoms. The van der Waals surface area contributed by atoms with Crippen LogP contribution in [0.25, 0.3) is 0 Å². The van der Waals surface area contributed by atoms with Crippen molar-refractivity contribution in [2.75, 3.05) is 19.8 Å². The zero-order chi connectivity index (χ0) is 56.7. The Morgan fingerprint density at radius 3 is 1.36 bits per heavy atom. The van der Waals surface area contributed by atoms with Gasteiger partial charge in [0.25, 0.3) is 0 Å². The summed E-state index contributed by atoms with van der Waals surface area (Å²) < 4.78 is 22.8. The van der Waals surface area contributed by atoms with Crippen molar-refractivity contribution in [2.24, 2.45) is 0 Å². The maximum atomic E-state index is 13.2. The highest BCUT2D eigenvalue weighted by Gasteiger charge is 2.51. The maximum Gasteiger partial charge on any atom is 0.220 e. The summed E-state index contributed by atoms with van der Waals surface area (Å²) >= 11 is 0. The number of rotatable bonds is 51. The first kappa shape index (κ1) is 72.1. The van der Waals surface area contributed by atoms with Gasteiger partial charge in [0.2, 0.25) is 5.91 Å². The third kappa shape index (κ3) is 34.4. The first-order chi connectivity index (χ1) is 38.1. The van der Waals surface area contributed by atoms with Gasteiger partial charge in [-0.15, -0.1) is 0 Å². The van der Waals surface area contributed by atoms with Gasteiger partial charge in [0.05, 0.1) is 32.0 Å². The minimum Gasteiger partial charge on any atom is -0.394 e. The molecule has 2 rings (SSSR count). The van der Waals surface area contributed by atoms with Gasteiger partial charge in [-0.25, -0.2) is 0 Å². The lowest BCUT2D eigenvalue weighted by atomic mass is 9.97. The number of unbranched alkanes of at least 4 members (excludes halogenated alkanes) is 30. The Kier molecular flexibility index (Phi) is 45.8. The van der Waals surface area contributed by atoms with Gasteiger partial charge in [0.15, 0.2) is 12.6 Å². The molecule has 1 amide bonds. The molecule has 2 aliphatic rings. The summed E-state index contributed by atoms with van der Waals surface area (Å²) in [5.41, 5.74) is 0. The first-order valence-corrected chi connectivity index (χ1v) is 31.9. The molecular weight excluding hydrogens is 991 g/mol. The second-order valence-corrected chi connectivity index (χ2v) is 22.5. The number of aliphatic hydroxyl groups excluding tert-OH is 8. The standard InChI is InChI=1S/C64H117NO13/c1-3-5-7-9-11-13-14-15-16-17-18-19-20-21-22-23-24-25-26-27-28-29-30-31-32-33-34-35-36-37-38-40-42-44-46-48-56(69)65-52(53(68)47-45-43-41-39-12-10-8-6-4-2)51-75-63-61(74)59(72)62(55(50-67)77-63)78-64-60(73)58(71)57(70)54(49-66)76-64/h5,7,11,13,15-16,18-19,52-55,57-64,66-68,70-74H,3-4,6,8-10,12,14,17,20-51H2,1-2H3,(H,65,69)/b7-5-,13-11-,16-15-,19-18-. The molecule has 0 saturated carbocycles. The van der Waals surface area contributed by atoms with E-state index in [9.17, 15) is 45.6 Å². The molecule has 12 unspecified atom stereocenters. The number of amides is 1. The van der Waals surface area contributed by atoms with E-state index in [2.05, 4.69) is 67.8 Å². The molecule has 14 nitrogen and oxygen atoms in total. The molecule has 2 fully saturated rings. The van der Waals surface area contributed by atoms with Crippen LogP contribution in [-0.4, -0.2) is 140 Å². The van der Waals surface area contributed by atoms with Crippen LogP contribution in [-0.2, 0) is 23.7 Å². The van der Waals surface area contributed by atoms with Crippen LogP contribution in [0.15, 0.2) is 48.6 Å². The molecule has 78 heavy (non-hydrogen) atoms. The van der Waals surface area contributed by atoms with Crippen LogP contribution < -0.4 is 5.32 Å². The van der Waals surface area contributed by atoms with E-state index in [1.54, 1.807) is 0 Å². The summed E-state index contributed by atoms with van der Waals surface area (Å²) in [6.45, 7) is 2.73. The summed E-state index contributed by atoms with van der Waals surface area (Å²) in [6.07, 6.45) is 45.9. The van der Waals surface area contributed by atoms with Crippen molar-refractivity contribution in [3.05, 3.63) is 48.6 Å². The number of nitrogens with one attached hydrogen (secondary N) is 1. The Morgan fingerprint density at radius 2 is 0.885 bits per heavy atom. The molecule has 14 heteroatoms. The zero-order valence-corrected chi connectivity index (χ0v) is 49.2. The minimum atomic E-state index is -1.78. The Labute approximate surface area is 473 Å². The first-order valence-electron chi connectivity index (χ1n) is 31.9. The van der Waals surface area contributed by atoms with Crippen molar-refractivity contribution in [1.82, 2.24) is 5.32 Å². The SMILES string of the molecule is CC/C=C\C/C=C\C/C=C\C/C=C\CCCCCCCCCCCCCCCCCCCCCCCCC(=O)NC(COC1OC(CO)C(OC2OC(CO)C(O)C(O)C2O)C(O)C1O)C(O)CCCCCCCCCCC. The molecular formula is C64H117NO13. The predicted octanol–water partition coefficient (Wildman–Crippen LogP) is 11.6. The van der Waals surface area contributed by atoms with Gasteiger partial charge in [-0.1, -0.05) is 249 Å². The lowest BCUT2D eigenvalue weighted by Gasteiger charge is -2.46. The van der Waals surface area contributed by atoms with Gasteiger partial charge < -0.3 is 65.1 Å². The molecule has 2 aliphatic heterocycles. The van der Waals surface area contributed by atoms with E-state index < -0.39 is 86.8 Å². The molecule has 456 valence electrons. The van der Waals surface area contributed by atoms with E-state index in [0.29, 0.717) is 12.8 Å². The van der Waals surface area contributed by atoms with Crippen LogP contribution in [0.2, 0.25) is 0 Å². The molecule has 0 aromatic rings.